The lowest BCUT2D eigenvalue weighted by Crippen LogP contribution is -2.23. The first kappa shape index (κ1) is 16.9. The minimum Gasteiger partial charge on any atom is -0.364 e. The second kappa shape index (κ2) is 11.6. The average Bonchev–Trinajstić information content (AvgIpc) is 2.13. The predicted octanol–water partition coefficient (Wildman–Crippen LogP) is 0.837. The largest absolute Gasteiger partial charge is 0.364 e. The second-order valence-corrected chi connectivity index (χ2v) is 3.19. The summed E-state index contributed by atoms with van der Waals surface area (Å²) < 4.78 is 4.61. The molecule has 1 N–H and O–H groups in total. The standard InChI is InChI=1S/C8H13NO3.C3H6O/c1-7(10)4-3-5-8(11)9-6-12-2;1-3(2)4/h3,5H,4,6H2,1-2H3,(H,9,11);1-2H3. The molecule has 0 heterocycles. The van der Waals surface area contributed by atoms with E-state index in [2.05, 4.69) is 10.1 Å². The van der Waals surface area contributed by atoms with Gasteiger partial charge in [-0.2, -0.15) is 0 Å². The smallest absolute Gasteiger partial charge is 0.245 e. The van der Waals surface area contributed by atoms with Crippen molar-refractivity contribution in [2.75, 3.05) is 13.8 Å². The van der Waals surface area contributed by atoms with Crippen molar-refractivity contribution >= 4 is 17.5 Å². The maximum Gasteiger partial charge on any atom is 0.245 e. The van der Waals surface area contributed by atoms with Gasteiger partial charge in [0.1, 0.15) is 18.3 Å². The number of rotatable bonds is 5. The van der Waals surface area contributed by atoms with Gasteiger partial charge in [0.2, 0.25) is 5.91 Å². The molecule has 0 aromatic rings. The van der Waals surface area contributed by atoms with Crippen molar-refractivity contribution in [3.63, 3.8) is 0 Å². The lowest BCUT2D eigenvalue weighted by molar-refractivity contribution is -0.118. The van der Waals surface area contributed by atoms with Gasteiger partial charge in [0.25, 0.3) is 0 Å². The molecule has 16 heavy (non-hydrogen) atoms. The lowest BCUT2D eigenvalue weighted by Gasteiger charge is -1.97. The second-order valence-electron chi connectivity index (χ2n) is 3.19. The Labute approximate surface area is 95.9 Å². The zero-order valence-electron chi connectivity index (χ0n) is 10.2. The zero-order valence-corrected chi connectivity index (χ0v) is 10.2. The molecular weight excluding hydrogens is 210 g/mol. The van der Waals surface area contributed by atoms with E-state index in [-0.39, 0.29) is 24.2 Å². The highest BCUT2D eigenvalue weighted by Gasteiger charge is 1.92. The van der Waals surface area contributed by atoms with E-state index in [9.17, 15) is 14.4 Å². The first-order valence-corrected chi connectivity index (χ1v) is 4.80. The number of carbonyl (C=O) groups excluding carboxylic acids is 3. The van der Waals surface area contributed by atoms with Crippen molar-refractivity contribution in [3.05, 3.63) is 12.2 Å². The van der Waals surface area contributed by atoms with Crippen LogP contribution in [-0.4, -0.2) is 31.3 Å². The number of methoxy groups -OCH3 is 1. The number of nitrogens with one attached hydrogen (secondary N) is 1. The van der Waals surface area contributed by atoms with Gasteiger partial charge in [0.15, 0.2) is 0 Å². The van der Waals surface area contributed by atoms with Gasteiger partial charge in [0, 0.05) is 13.5 Å². The minimum atomic E-state index is -0.252. The van der Waals surface area contributed by atoms with Crippen molar-refractivity contribution in [2.45, 2.75) is 27.2 Å². The van der Waals surface area contributed by atoms with E-state index in [0.717, 1.165) is 0 Å². The van der Waals surface area contributed by atoms with Gasteiger partial charge in [-0.3, -0.25) is 9.59 Å². The molecule has 0 atom stereocenters. The maximum absolute atomic E-state index is 10.8. The summed E-state index contributed by atoms with van der Waals surface area (Å²) in [6.45, 7) is 4.71. The molecule has 0 rings (SSSR count). The summed E-state index contributed by atoms with van der Waals surface area (Å²) in [5.41, 5.74) is 0. The van der Waals surface area contributed by atoms with E-state index in [0.29, 0.717) is 6.42 Å². The van der Waals surface area contributed by atoms with Crippen LogP contribution in [0.2, 0.25) is 0 Å². The quantitative estimate of drug-likeness (QED) is 0.560. The van der Waals surface area contributed by atoms with Gasteiger partial charge in [-0.15, -0.1) is 0 Å². The molecule has 0 spiro atoms. The van der Waals surface area contributed by atoms with Crippen molar-refractivity contribution in [1.29, 1.82) is 0 Å². The Bertz CT molecular complexity index is 255. The molecule has 0 aliphatic rings. The molecule has 5 heteroatoms. The van der Waals surface area contributed by atoms with Gasteiger partial charge in [-0.25, -0.2) is 0 Å². The van der Waals surface area contributed by atoms with Crippen LogP contribution in [-0.2, 0) is 19.1 Å². The highest BCUT2D eigenvalue weighted by Crippen LogP contribution is 1.84. The van der Waals surface area contributed by atoms with Gasteiger partial charge < -0.3 is 14.8 Å². The highest BCUT2D eigenvalue weighted by molar-refractivity contribution is 5.88. The summed E-state index contributed by atoms with van der Waals surface area (Å²) in [5.74, 6) is -0.0520. The van der Waals surface area contributed by atoms with Crippen LogP contribution in [0.25, 0.3) is 0 Å². The third kappa shape index (κ3) is 22.9. The van der Waals surface area contributed by atoms with E-state index in [4.69, 9.17) is 0 Å². The monoisotopic (exact) mass is 229 g/mol. The van der Waals surface area contributed by atoms with Crippen molar-refractivity contribution in [1.82, 2.24) is 5.32 Å². The number of ether oxygens (including phenoxy) is 1. The Balaban J connectivity index is 0. The number of amides is 1. The molecule has 92 valence electrons. The van der Waals surface area contributed by atoms with Crippen LogP contribution in [0.1, 0.15) is 27.2 Å². The molecule has 0 saturated heterocycles. The molecule has 0 bridgehead atoms. The number of carbonyl (C=O) groups is 3. The number of ketones is 2. The van der Waals surface area contributed by atoms with Crippen molar-refractivity contribution in [2.24, 2.45) is 0 Å². The van der Waals surface area contributed by atoms with Crippen LogP contribution >= 0.6 is 0 Å². The van der Waals surface area contributed by atoms with E-state index in [1.165, 1.54) is 40.0 Å². The third-order valence-corrected chi connectivity index (χ3v) is 1.07. The van der Waals surface area contributed by atoms with Crippen LogP contribution in [0, 0.1) is 0 Å². The molecule has 5 nitrogen and oxygen atoms in total. The zero-order chi connectivity index (χ0) is 13.0. The molecule has 1 amide bonds. The van der Waals surface area contributed by atoms with E-state index in [1.54, 1.807) is 0 Å². The van der Waals surface area contributed by atoms with Crippen molar-refractivity contribution < 1.29 is 19.1 Å². The van der Waals surface area contributed by atoms with E-state index >= 15 is 0 Å². The molecule has 0 aromatic carbocycles. The first-order valence-electron chi connectivity index (χ1n) is 4.80. The van der Waals surface area contributed by atoms with Crippen molar-refractivity contribution in [3.8, 4) is 0 Å². The first-order chi connectivity index (χ1) is 7.40. The molecule has 0 fully saturated rings. The topological polar surface area (TPSA) is 72.5 Å². The Morgan fingerprint density at radius 3 is 2.06 bits per heavy atom. The Kier molecular flexibility index (Phi) is 12.3. The maximum atomic E-state index is 10.8. The molecule has 0 radical (unpaired) electrons. The Morgan fingerprint density at radius 2 is 1.69 bits per heavy atom. The molecule has 0 unspecified atom stereocenters. The summed E-state index contributed by atoms with van der Waals surface area (Å²) in [4.78, 5) is 30.7. The molecular formula is C11H19NO4. The fourth-order valence-electron chi connectivity index (χ4n) is 0.534. The molecule has 0 aliphatic heterocycles. The lowest BCUT2D eigenvalue weighted by atomic mass is 10.3. The van der Waals surface area contributed by atoms with Crippen LogP contribution in [0.4, 0.5) is 0 Å². The number of allylic oxidation sites excluding steroid dienone is 1. The van der Waals surface area contributed by atoms with Gasteiger partial charge in [-0.05, 0) is 26.8 Å². The van der Waals surface area contributed by atoms with E-state index in [1.807, 2.05) is 0 Å². The summed E-state index contributed by atoms with van der Waals surface area (Å²) in [5, 5.41) is 2.45. The highest BCUT2D eigenvalue weighted by atomic mass is 16.5. The summed E-state index contributed by atoms with van der Waals surface area (Å²) in [6.07, 6.45) is 3.13. The average molecular weight is 229 g/mol. The molecule has 0 saturated carbocycles. The Morgan fingerprint density at radius 1 is 1.19 bits per heavy atom. The van der Waals surface area contributed by atoms with E-state index < -0.39 is 0 Å². The van der Waals surface area contributed by atoms with Crippen LogP contribution in [0.3, 0.4) is 0 Å². The summed E-state index contributed by atoms with van der Waals surface area (Å²) in [6, 6.07) is 0. The summed E-state index contributed by atoms with van der Waals surface area (Å²) >= 11 is 0. The fraction of sp³-hybridized carbons (Fsp3) is 0.545. The SMILES string of the molecule is CC(C)=O.COCNC(=O)C=CCC(C)=O. The fourth-order valence-corrected chi connectivity index (χ4v) is 0.534. The number of Topliss-reactive ketones (excluding diaryl/α,β-unsaturated/α-hetero) is 2. The van der Waals surface area contributed by atoms with Gasteiger partial charge in [-0.1, -0.05) is 6.08 Å². The van der Waals surface area contributed by atoms with Gasteiger partial charge in [0.05, 0.1) is 0 Å². The predicted molar refractivity (Wildman–Crippen MR) is 60.8 cm³/mol. The van der Waals surface area contributed by atoms with Gasteiger partial charge >= 0.3 is 0 Å². The Hall–Kier alpha value is -1.49. The number of hydrogen-bond acceptors (Lipinski definition) is 4. The molecule has 0 aliphatic carbocycles. The summed E-state index contributed by atoms with van der Waals surface area (Å²) in [7, 11) is 1.49. The van der Waals surface area contributed by atoms with Crippen LogP contribution in [0.5, 0.6) is 0 Å². The minimum absolute atomic E-state index is 0.0331. The third-order valence-electron chi connectivity index (χ3n) is 1.07. The number of hydrogen-bond donors (Lipinski definition) is 1. The normalized spacial score (nSPS) is 9.25. The molecule has 0 aromatic heterocycles. The van der Waals surface area contributed by atoms with Crippen LogP contribution in [0.15, 0.2) is 12.2 Å². The van der Waals surface area contributed by atoms with Crippen LogP contribution < -0.4 is 5.32 Å².